The Morgan fingerprint density at radius 1 is 1.15 bits per heavy atom. The van der Waals surface area contributed by atoms with Crippen molar-refractivity contribution in [2.45, 2.75) is 13.3 Å². The normalized spacial score (nSPS) is 10.7. The number of fused-ring (bicyclic) bond motifs is 1. The summed E-state index contributed by atoms with van der Waals surface area (Å²) in [4.78, 5) is 13.2. The number of nitrogens with one attached hydrogen (secondary N) is 1. The van der Waals surface area contributed by atoms with Crippen LogP contribution in [0.1, 0.15) is 12.7 Å². The van der Waals surface area contributed by atoms with E-state index in [9.17, 15) is 0 Å². The van der Waals surface area contributed by atoms with Gasteiger partial charge in [0.15, 0.2) is 0 Å². The number of hydrogen-bond donors (Lipinski definition) is 1. The van der Waals surface area contributed by atoms with Crippen LogP contribution >= 0.6 is 15.9 Å². The van der Waals surface area contributed by atoms with E-state index in [0.29, 0.717) is 0 Å². The van der Waals surface area contributed by atoms with Gasteiger partial charge in [-0.2, -0.15) is 0 Å². The predicted octanol–water partition coefficient (Wildman–Crippen LogP) is 4.09. The smallest absolute Gasteiger partial charge is 0.135 e. The Kier molecular flexibility index (Phi) is 3.60. The van der Waals surface area contributed by atoms with Crippen molar-refractivity contribution in [1.82, 2.24) is 15.0 Å². The molecule has 0 amide bonds. The number of halogens is 1. The van der Waals surface area contributed by atoms with E-state index >= 15 is 0 Å². The van der Waals surface area contributed by atoms with E-state index in [-0.39, 0.29) is 0 Å². The minimum atomic E-state index is 0.766. The van der Waals surface area contributed by atoms with Crippen LogP contribution in [0.25, 0.3) is 10.9 Å². The molecule has 0 spiro atoms. The lowest BCUT2D eigenvalue weighted by atomic mass is 10.2. The zero-order chi connectivity index (χ0) is 13.9. The lowest BCUT2D eigenvalue weighted by molar-refractivity contribution is 0.931. The molecule has 5 heteroatoms. The number of para-hydroxylation sites is 1. The van der Waals surface area contributed by atoms with Crippen LogP contribution in [-0.4, -0.2) is 15.0 Å². The van der Waals surface area contributed by atoms with Crippen molar-refractivity contribution >= 4 is 38.3 Å². The van der Waals surface area contributed by atoms with Crippen molar-refractivity contribution in [3.63, 3.8) is 0 Å². The van der Waals surface area contributed by atoms with Crippen LogP contribution in [0, 0.1) is 0 Å². The van der Waals surface area contributed by atoms with E-state index in [2.05, 4.69) is 36.2 Å². The molecular formula is C15H13BrN4. The van der Waals surface area contributed by atoms with Gasteiger partial charge in [0.25, 0.3) is 0 Å². The highest BCUT2D eigenvalue weighted by Crippen LogP contribution is 2.24. The topological polar surface area (TPSA) is 50.7 Å². The van der Waals surface area contributed by atoms with Gasteiger partial charge in [0.05, 0.1) is 11.2 Å². The van der Waals surface area contributed by atoms with Gasteiger partial charge in [0, 0.05) is 24.1 Å². The molecular weight excluding hydrogens is 316 g/mol. The number of pyridine rings is 1. The summed E-state index contributed by atoms with van der Waals surface area (Å²) >= 11 is 3.41. The maximum absolute atomic E-state index is 4.47. The summed E-state index contributed by atoms with van der Waals surface area (Å²) in [6.07, 6.45) is 2.59. The van der Waals surface area contributed by atoms with E-state index in [4.69, 9.17) is 0 Å². The Morgan fingerprint density at radius 2 is 2.00 bits per heavy atom. The summed E-state index contributed by atoms with van der Waals surface area (Å²) in [6, 6.07) is 11.9. The first-order valence-corrected chi connectivity index (χ1v) is 7.20. The molecule has 2 aromatic heterocycles. The van der Waals surface area contributed by atoms with Crippen LogP contribution < -0.4 is 5.32 Å². The lowest BCUT2D eigenvalue weighted by Crippen LogP contribution is -2.00. The highest BCUT2D eigenvalue weighted by atomic mass is 79.9. The largest absolute Gasteiger partial charge is 0.338 e. The van der Waals surface area contributed by atoms with Crippen molar-refractivity contribution in [3.8, 4) is 0 Å². The fourth-order valence-corrected chi connectivity index (χ4v) is 2.45. The second kappa shape index (κ2) is 5.54. The van der Waals surface area contributed by atoms with Crippen molar-refractivity contribution in [2.24, 2.45) is 0 Å². The molecule has 0 aliphatic heterocycles. The maximum atomic E-state index is 4.47. The van der Waals surface area contributed by atoms with Gasteiger partial charge in [-0.05, 0) is 28.1 Å². The molecule has 100 valence electrons. The Morgan fingerprint density at radius 3 is 2.85 bits per heavy atom. The standard InChI is InChI=1S/C15H13BrN4/c1-2-13-19-12(16)9-14(20-13)18-11-7-3-5-10-6-4-8-17-15(10)11/h3-9H,2H2,1H3,(H,18,19,20). The number of benzene rings is 1. The quantitative estimate of drug-likeness (QED) is 0.735. The maximum Gasteiger partial charge on any atom is 0.135 e. The molecule has 2 heterocycles. The number of anilines is 2. The molecule has 0 radical (unpaired) electrons. The van der Waals surface area contributed by atoms with E-state index in [0.717, 1.165) is 39.3 Å². The lowest BCUT2D eigenvalue weighted by Gasteiger charge is -2.09. The van der Waals surface area contributed by atoms with Crippen LogP contribution in [0.15, 0.2) is 47.2 Å². The molecule has 0 saturated heterocycles. The molecule has 0 unspecified atom stereocenters. The summed E-state index contributed by atoms with van der Waals surface area (Å²) in [7, 11) is 0. The van der Waals surface area contributed by atoms with E-state index in [1.807, 2.05) is 43.3 Å². The molecule has 3 aromatic rings. The van der Waals surface area contributed by atoms with Crippen molar-refractivity contribution < 1.29 is 0 Å². The van der Waals surface area contributed by atoms with Crippen molar-refractivity contribution in [2.75, 3.05) is 5.32 Å². The Balaban J connectivity index is 2.03. The van der Waals surface area contributed by atoms with E-state index in [1.165, 1.54) is 0 Å². The molecule has 0 bridgehead atoms. The van der Waals surface area contributed by atoms with Crippen LogP contribution in [0.4, 0.5) is 11.5 Å². The molecule has 0 aliphatic carbocycles. The van der Waals surface area contributed by atoms with Gasteiger partial charge >= 0.3 is 0 Å². The van der Waals surface area contributed by atoms with Gasteiger partial charge in [0.1, 0.15) is 16.2 Å². The predicted molar refractivity (Wildman–Crippen MR) is 84.1 cm³/mol. The fraction of sp³-hybridized carbons (Fsp3) is 0.133. The highest BCUT2D eigenvalue weighted by molar-refractivity contribution is 9.10. The van der Waals surface area contributed by atoms with Crippen molar-refractivity contribution in [3.05, 3.63) is 53.0 Å². The molecule has 3 rings (SSSR count). The molecule has 0 saturated carbocycles. The van der Waals surface area contributed by atoms with Crippen LogP contribution in [0.2, 0.25) is 0 Å². The van der Waals surface area contributed by atoms with Gasteiger partial charge in [0.2, 0.25) is 0 Å². The second-order valence-electron chi connectivity index (χ2n) is 4.35. The van der Waals surface area contributed by atoms with E-state index in [1.54, 1.807) is 6.20 Å². The Bertz CT molecular complexity index is 752. The van der Waals surface area contributed by atoms with Gasteiger partial charge in [-0.15, -0.1) is 0 Å². The number of aromatic nitrogens is 3. The highest BCUT2D eigenvalue weighted by Gasteiger charge is 2.05. The number of nitrogens with zero attached hydrogens (tertiary/aromatic N) is 3. The van der Waals surface area contributed by atoms with Gasteiger partial charge < -0.3 is 5.32 Å². The fourth-order valence-electron chi connectivity index (χ4n) is 2.03. The minimum absolute atomic E-state index is 0.766. The zero-order valence-electron chi connectivity index (χ0n) is 11.0. The number of rotatable bonds is 3. The SMILES string of the molecule is CCc1nc(Br)cc(Nc2cccc3cccnc23)n1. The molecule has 0 atom stereocenters. The molecule has 4 nitrogen and oxygen atoms in total. The summed E-state index contributed by atoms with van der Waals surface area (Å²) in [5.74, 6) is 1.57. The van der Waals surface area contributed by atoms with Crippen LogP contribution in [0.3, 0.4) is 0 Å². The van der Waals surface area contributed by atoms with Crippen molar-refractivity contribution in [1.29, 1.82) is 0 Å². The van der Waals surface area contributed by atoms with Gasteiger partial charge in [-0.25, -0.2) is 9.97 Å². The monoisotopic (exact) mass is 328 g/mol. The molecule has 0 fully saturated rings. The van der Waals surface area contributed by atoms with Gasteiger partial charge in [-0.3, -0.25) is 4.98 Å². The average Bonchev–Trinajstić information content (AvgIpc) is 2.47. The molecule has 1 aromatic carbocycles. The first-order valence-electron chi connectivity index (χ1n) is 6.40. The summed E-state index contributed by atoms with van der Waals surface area (Å²) in [6.45, 7) is 2.03. The van der Waals surface area contributed by atoms with Gasteiger partial charge in [-0.1, -0.05) is 25.1 Å². The first-order chi connectivity index (χ1) is 9.76. The molecule has 1 N–H and O–H groups in total. The minimum Gasteiger partial charge on any atom is -0.338 e. The third-order valence-corrected chi connectivity index (χ3v) is 3.36. The summed E-state index contributed by atoms with van der Waals surface area (Å²) in [5, 5.41) is 4.42. The summed E-state index contributed by atoms with van der Waals surface area (Å²) < 4.78 is 0.778. The third kappa shape index (κ3) is 2.63. The second-order valence-corrected chi connectivity index (χ2v) is 5.16. The first kappa shape index (κ1) is 13.0. The molecule has 0 aliphatic rings. The van der Waals surface area contributed by atoms with Crippen LogP contribution in [0.5, 0.6) is 0 Å². The third-order valence-electron chi connectivity index (χ3n) is 2.95. The Labute approximate surface area is 125 Å². The average molecular weight is 329 g/mol. The zero-order valence-corrected chi connectivity index (χ0v) is 12.6. The Hall–Kier alpha value is -2.01. The summed E-state index contributed by atoms with van der Waals surface area (Å²) in [5.41, 5.74) is 1.87. The number of hydrogen-bond acceptors (Lipinski definition) is 4. The number of aryl methyl sites for hydroxylation is 1. The van der Waals surface area contributed by atoms with Crippen LogP contribution in [-0.2, 0) is 6.42 Å². The molecule has 20 heavy (non-hydrogen) atoms. The van der Waals surface area contributed by atoms with E-state index < -0.39 is 0 Å².